The van der Waals surface area contributed by atoms with Crippen LogP contribution in [0.4, 0.5) is 0 Å². The molecule has 0 bridgehead atoms. The van der Waals surface area contributed by atoms with Gasteiger partial charge in [-0.2, -0.15) is 0 Å². The lowest BCUT2D eigenvalue weighted by Crippen LogP contribution is -2.45. The normalized spacial score (nSPS) is 24.8. The van der Waals surface area contributed by atoms with Crippen LogP contribution in [0.25, 0.3) is 0 Å². The summed E-state index contributed by atoms with van der Waals surface area (Å²) in [4.78, 5) is 10.9. The van der Waals surface area contributed by atoms with Crippen molar-refractivity contribution in [2.75, 3.05) is 19.4 Å². The number of nitrogens with two attached hydrogens (primary N) is 1. The smallest absolute Gasteiger partial charge is 0.306 e. The third kappa shape index (κ3) is 4.91. The van der Waals surface area contributed by atoms with E-state index in [1.165, 1.54) is 7.11 Å². The molecule has 0 heterocycles. The fraction of sp³-hybridized carbons (Fsp3) is 0.909. The number of esters is 1. The van der Waals surface area contributed by atoms with Gasteiger partial charge in [0.15, 0.2) is 0 Å². The predicted octanol–water partition coefficient (Wildman–Crippen LogP) is -0.0136. The molecule has 0 amide bonds. The van der Waals surface area contributed by atoms with E-state index in [2.05, 4.69) is 9.46 Å². The number of carbonyl (C=O) groups excluding carboxylic acids is 1. The number of sulfonamides is 1. The maximum atomic E-state index is 11.8. The average molecular weight is 278 g/mol. The number of hydrogen-bond acceptors (Lipinski definition) is 5. The van der Waals surface area contributed by atoms with Gasteiger partial charge >= 0.3 is 5.97 Å². The SMILES string of the molecule is COC(=O)CCS(=O)(=O)NC1CCCCC1CN. The topological polar surface area (TPSA) is 98.5 Å². The summed E-state index contributed by atoms with van der Waals surface area (Å²) in [5.74, 6) is -0.543. The Morgan fingerprint density at radius 3 is 2.67 bits per heavy atom. The number of hydrogen-bond donors (Lipinski definition) is 2. The van der Waals surface area contributed by atoms with Crippen LogP contribution in [0.5, 0.6) is 0 Å². The van der Waals surface area contributed by atoms with Crippen molar-refractivity contribution in [3.05, 3.63) is 0 Å². The van der Waals surface area contributed by atoms with Crippen LogP contribution < -0.4 is 10.5 Å². The highest BCUT2D eigenvalue weighted by Gasteiger charge is 2.27. The Morgan fingerprint density at radius 1 is 1.39 bits per heavy atom. The van der Waals surface area contributed by atoms with Gasteiger partial charge in [0.25, 0.3) is 0 Å². The zero-order valence-electron chi connectivity index (χ0n) is 10.7. The molecule has 1 saturated carbocycles. The van der Waals surface area contributed by atoms with Gasteiger partial charge in [0.05, 0.1) is 19.3 Å². The summed E-state index contributed by atoms with van der Waals surface area (Å²) in [6.45, 7) is 0.490. The van der Waals surface area contributed by atoms with Crippen molar-refractivity contribution in [1.82, 2.24) is 4.72 Å². The minimum Gasteiger partial charge on any atom is -0.469 e. The lowest BCUT2D eigenvalue weighted by atomic mass is 9.85. The summed E-state index contributed by atoms with van der Waals surface area (Å²) >= 11 is 0. The Kier molecular flexibility index (Phi) is 6.04. The van der Waals surface area contributed by atoms with Crippen LogP contribution in [-0.2, 0) is 19.6 Å². The molecular formula is C11H22N2O4S. The third-order valence-corrected chi connectivity index (χ3v) is 4.75. The summed E-state index contributed by atoms with van der Waals surface area (Å²) in [5, 5.41) is 0. The van der Waals surface area contributed by atoms with Gasteiger partial charge in [0.2, 0.25) is 10.0 Å². The summed E-state index contributed by atoms with van der Waals surface area (Å²) in [5.41, 5.74) is 5.65. The lowest BCUT2D eigenvalue weighted by molar-refractivity contribution is -0.140. The maximum Gasteiger partial charge on any atom is 0.306 e. The Balaban J connectivity index is 2.50. The van der Waals surface area contributed by atoms with Crippen molar-refractivity contribution < 1.29 is 17.9 Å². The van der Waals surface area contributed by atoms with E-state index in [1.54, 1.807) is 0 Å². The standard InChI is InChI=1S/C11H22N2O4S/c1-17-11(14)6-7-18(15,16)13-10-5-3-2-4-9(10)8-12/h9-10,13H,2-8,12H2,1H3. The van der Waals surface area contributed by atoms with Gasteiger partial charge < -0.3 is 10.5 Å². The van der Waals surface area contributed by atoms with E-state index in [0.717, 1.165) is 25.7 Å². The molecule has 1 aliphatic rings. The minimum absolute atomic E-state index is 0.0913. The molecule has 1 fully saturated rings. The Bertz CT molecular complexity index is 369. The molecule has 1 rings (SSSR count). The average Bonchev–Trinajstić information content (AvgIpc) is 2.36. The molecule has 0 aromatic rings. The molecule has 0 saturated heterocycles. The highest BCUT2D eigenvalue weighted by Crippen LogP contribution is 2.24. The highest BCUT2D eigenvalue weighted by molar-refractivity contribution is 7.89. The molecule has 0 spiro atoms. The molecule has 3 N–H and O–H groups in total. The zero-order valence-corrected chi connectivity index (χ0v) is 11.5. The first-order chi connectivity index (χ1) is 8.48. The van der Waals surface area contributed by atoms with E-state index >= 15 is 0 Å². The van der Waals surface area contributed by atoms with Crippen LogP contribution in [0.1, 0.15) is 32.1 Å². The minimum atomic E-state index is -3.44. The zero-order chi connectivity index (χ0) is 13.6. The molecule has 0 aliphatic heterocycles. The second kappa shape index (κ2) is 7.06. The maximum absolute atomic E-state index is 11.8. The van der Waals surface area contributed by atoms with Gasteiger partial charge in [-0.3, -0.25) is 4.79 Å². The Hall–Kier alpha value is -0.660. The van der Waals surface area contributed by atoms with Gasteiger partial charge in [-0.15, -0.1) is 0 Å². The number of nitrogens with one attached hydrogen (secondary N) is 1. The summed E-state index contributed by atoms with van der Waals surface area (Å²) in [6, 6.07) is -0.0913. The molecular weight excluding hydrogens is 256 g/mol. The van der Waals surface area contributed by atoms with Gasteiger partial charge in [-0.1, -0.05) is 12.8 Å². The van der Waals surface area contributed by atoms with Crippen molar-refractivity contribution in [3.8, 4) is 0 Å². The molecule has 2 unspecified atom stereocenters. The van der Waals surface area contributed by atoms with Crippen molar-refractivity contribution in [2.45, 2.75) is 38.1 Å². The summed E-state index contributed by atoms with van der Waals surface area (Å²) in [6.07, 6.45) is 3.77. The van der Waals surface area contributed by atoms with E-state index in [0.29, 0.717) is 6.54 Å². The second-order valence-corrected chi connectivity index (χ2v) is 6.52. The van der Waals surface area contributed by atoms with Crippen LogP contribution in [0.2, 0.25) is 0 Å². The van der Waals surface area contributed by atoms with Crippen molar-refractivity contribution in [1.29, 1.82) is 0 Å². The first-order valence-corrected chi connectivity index (χ1v) is 7.90. The summed E-state index contributed by atoms with van der Waals surface area (Å²) < 4.78 is 30.7. The van der Waals surface area contributed by atoms with Crippen LogP contribution in [0.3, 0.4) is 0 Å². The molecule has 106 valence electrons. The first kappa shape index (κ1) is 15.4. The fourth-order valence-corrected chi connectivity index (χ4v) is 3.58. The van der Waals surface area contributed by atoms with Gasteiger partial charge in [-0.25, -0.2) is 13.1 Å². The molecule has 18 heavy (non-hydrogen) atoms. The van der Waals surface area contributed by atoms with Crippen molar-refractivity contribution in [2.24, 2.45) is 11.7 Å². The summed E-state index contributed by atoms with van der Waals surface area (Å²) in [7, 11) is -2.19. The molecule has 2 atom stereocenters. The van der Waals surface area contributed by atoms with E-state index in [9.17, 15) is 13.2 Å². The molecule has 6 nitrogen and oxygen atoms in total. The molecule has 0 aromatic heterocycles. The number of carbonyl (C=O) groups is 1. The van der Waals surface area contributed by atoms with Gasteiger partial charge in [0.1, 0.15) is 0 Å². The molecule has 1 aliphatic carbocycles. The number of ether oxygens (including phenoxy) is 1. The van der Waals surface area contributed by atoms with E-state index in [4.69, 9.17) is 5.73 Å². The van der Waals surface area contributed by atoms with Crippen LogP contribution in [-0.4, -0.2) is 39.8 Å². The Morgan fingerprint density at radius 2 is 2.06 bits per heavy atom. The quantitative estimate of drug-likeness (QED) is 0.666. The number of rotatable bonds is 6. The predicted molar refractivity (Wildman–Crippen MR) is 68.4 cm³/mol. The monoisotopic (exact) mass is 278 g/mol. The first-order valence-electron chi connectivity index (χ1n) is 6.25. The molecule has 0 radical (unpaired) electrons. The lowest BCUT2D eigenvalue weighted by Gasteiger charge is -2.30. The van der Waals surface area contributed by atoms with Gasteiger partial charge in [0, 0.05) is 6.04 Å². The highest BCUT2D eigenvalue weighted by atomic mass is 32.2. The van der Waals surface area contributed by atoms with E-state index < -0.39 is 16.0 Å². The van der Waals surface area contributed by atoms with Crippen molar-refractivity contribution >= 4 is 16.0 Å². The largest absolute Gasteiger partial charge is 0.469 e. The fourth-order valence-electron chi connectivity index (χ4n) is 2.25. The molecule has 0 aromatic carbocycles. The third-order valence-electron chi connectivity index (χ3n) is 3.35. The van der Waals surface area contributed by atoms with Crippen molar-refractivity contribution in [3.63, 3.8) is 0 Å². The second-order valence-electron chi connectivity index (χ2n) is 4.65. The molecule has 7 heteroatoms. The Labute approximate surface area is 108 Å². The van der Waals surface area contributed by atoms with E-state index in [1.807, 2.05) is 0 Å². The van der Waals surface area contributed by atoms with E-state index in [-0.39, 0.29) is 24.1 Å². The van der Waals surface area contributed by atoms with Crippen LogP contribution in [0.15, 0.2) is 0 Å². The van der Waals surface area contributed by atoms with Gasteiger partial charge in [-0.05, 0) is 25.3 Å². The van der Waals surface area contributed by atoms with Crippen LogP contribution >= 0.6 is 0 Å². The van der Waals surface area contributed by atoms with Crippen LogP contribution in [0, 0.1) is 5.92 Å². The number of methoxy groups -OCH3 is 1.